The van der Waals surface area contributed by atoms with Gasteiger partial charge in [0.25, 0.3) is 0 Å². The minimum Gasteiger partial charge on any atom is -0.339 e. The highest BCUT2D eigenvalue weighted by molar-refractivity contribution is 7.16. The second-order valence-corrected chi connectivity index (χ2v) is 8.29. The molecular formula is C16H26Cl3N3OS. The molecule has 3 rings (SSSR count). The third-order valence-corrected chi connectivity index (χ3v) is 6.06. The number of hydrogen-bond donors (Lipinski definition) is 1. The summed E-state index contributed by atoms with van der Waals surface area (Å²) in [5, 5.41) is 0. The molecule has 24 heavy (non-hydrogen) atoms. The van der Waals surface area contributed by atoms with E-state index < -0.39 is 5.54 Å². The fraction of sp³-hybridized carbons (Fsp3) is 0.688. The van der Waals surface area contributed by atoms with Crippen LogP contribution < -0.4 is 5.73 Å². The van der Waals surface area contributed by atoms with Gasteiger partial charge < -0.3 is 10.6 Å². The van der Waals surface area contributed by atoms with E-state index in [4.69, 9.17) is 17.3 Å². The topological polar surface area (TPSA) is 49.6 Å². The van der Waals surface area contributed by atoms with Crippen LogP contribution in [-0.4, -0.2) is 47.4 Å². The van der Waals surface area contributed by atoms with E-state index in [0.29, 0.717) is 0 Å². The first-order valence-corrected chi connectivity index (χ1v) is 9.31. The standard InChI is InChI=1S/C16H24ClN3OS.2ClH/c17-14-5-4-13(22-14)12-19-8-10-20(11-9-19)15(21)16(18)6-2-1-3-7-16;;/h4-5H,1-3,6-12,18H2;2*1H. The molecule has 1 amide bonds. The third kappa shape index (κ3) is 5.23. The summed E-state index contributed by atoms with van der Waals surface area (Å²) in [6.07, 6.45) is 5.07. The maximum atomic E-state index is 12.7. The Bertz CT molecular complexity index is 526. The van der Waals surface area contributed by atoms with Gasteiger partial charge in [0.2, 0.25) is 5.91 Å². The fourth-order valence-electron chi connectivity index (χ4n) is 3.48. The Morgan fingerprint density at radius 2 is 1.75 bits per heavy atom. The zero-order valence-electron chi connectivity index (χ0n) is 13.7. The largest absolute Gasteiger partial charge is 0.339 e. The number of carbonyl (C=O) groups excluding carboxylic acids is 1. The lowest BCUT2D eigenvalue weighted by atomic mass is 9.81. The highest BCUT2D eigenvalue weighted by Gasteiger charge is 2.39. The molecule has 1 saturated carbocycles. The number of halogens is 3. The van der Waals surface area contributed by atoms with E-state index in [2.05, 4.69) is 11.0 Å². The van der Waals surface area contributed by atoms with Crippen molar-refractivity contribution in [3.63, 3.8) is 0 Å². The number of rotatable bonds is 3. The zero-order chi connectivity index (χ0) is 15.6. The van der Waals surface area contributed by atoms with Crippen molar-refractivity contribution < 1.29 is 4.79 Å². The van der Waals surface area contributed by atoms with Crippen LogP contribution in [0, 0.1) is 0 Å². The molecule has 0 bridgehead atoms. The van der Waals surface area contributed by atoms with E-state index >= 15 is 0 Å². The van der Waals surface area contributed by atoms with Crippen molar-refractivity contribution in [2.75, 3.05) is 26.2 Å². The molecule has 1 aliphatic heterocycles. The van der Waals surface area contributed by atoms with Crippen molar-refractivity contribution in [2.45, 2.75) is 44.2 Å². The Morgan fingerprint density at radius 1 is 1.12 bits per heavy atom. The van der Waals surface area contributed by atoms with Crippen molar-refractivity contribution >= 4 is 53.7 Å². The van der Waals surface area contributed by atoms with Crippen molar-refractivity contribution in [3.8, 4) is 0 Å². The van der Waals surface area contributed by atoms with Crippen LogP contribution >= 0.6 is 47.8 Å². The normalized spacial score (nSPS) is 20.8. The Morgan fingerprint density at radius 3 is 2.29 bits per heavy atom. The van der Waals surface area contributed by atoms with Gasteiger partial charge in [-0.15, -0.1) is 36.2 Å². The Hall–Kier alpha value is -0.0400. The van der Waals surface area contributed by atoms with E-state index in [1.54, 1.807) is 11.3 Å². The number of carbonyl (C=O) groups is 1. The van der Waals surface area contributed by atoms with Gasteiger partial charge in [-0.25, -0.2) is 0 Å². The van der Waals surface area contributed by atoms with Crippen LogP contribution in [0.2, 0.25) is 4.34 Å². The number of nitrogens with zero attached hydrogens (tertiary/aromatic N) is 2. The van der Waals surface area contributed by atoms with Gasteiger partial charge in [0.1, 0.15) is 0 Å². The molecule has 2 fully saturated rings. The van der Waals surface area contributed by atoms with Crippen molar-refractivity contribution in [1.29, 1.82) is 0 Å². The molecule has 138 valence electrons. The fourth-order valence-corrected chi connectivity index (χ4v) is 4.61. The average Bonchev–Trinajstić information content (AvgIpc) is 2.93. The minimum atomic E-state index is -0.596. The minimum absolute atomic E-state index is 0. The van der Waals surface area contributed by atoms with E-state index in [-0.39, 0.29) is 30.7 Å². The van der Waals surface area contributed by atoms with Crippen molar-refractivity contribution in [3.05, 3.63) is 21.3 Å². The van der Waals surface area contributed by atoms with Crippen LogP contribution in [0.1, 0.15) is 37.0 Å². The first-order valence-electron chi connectivity index (χ1n) is 8.12. The van der Waals surface area contributed by atoms with Gasteiger partial charge in [0, 0.05) is 37.6 Å². The molecule has 2 aliphatic rings. The first kappa shape index (κ1) is 22.0. The molecule has 4 nitrogen and oxygen atoms in total. The predicted octanol–water partition coefficient (Wildman–Crippen LogP) is 3.55. The number of amides is 1. The zero-order valence-corrected chi connectivity index (χ0v) is 16.9. The molecule has 2 N–H and O–H groups in total. The lowest BCUT2D eigenvalue weighted by Gasteiger charge is -2.41. The number of nitrogens with two attached hydrogens (primary N) is 1. The average molecular weight is 415 g/mol. The van der Waals surface area contributed by atoms with Crippen LogP contribution in [0.15, 0.2) is 12.1 Å². The summed E-state index contributed by atoms with van der Waals surface area (Å²) in [4.78, 5) is 18.4. The third-order valence-electron chi connectivity index (χ3n) is 4.84. The summed E-state index contributed by atoms with van der Waals surface area (Å²) < 4.78 is 0.839. The Labute approximate surface area is 165 Å². The summed E-state index contributed by atoms with van der Waals surface area (Å²) in [6, 6.07) is 4.03. The molecule has 1 aromatic heterocycles. The summed E-state index contributed by atoms with van der Waals surface area (Å²) >= 11 is 7.61. The van der Waals surface area contributed by atoms with Gasteiger partial charge in [-0.05, 0) is 25.0 Å². The highest BCUT2D eigenvalue weighted by atomic mass is 35.5. The molecule has 8 heteroatoms. The Kier molecular flexibility index (Phi) is 8.80. The van der Waals surface area contributed by atoms with Gasteiger partial charge in [-0.3, -0.25) is 9.69 Å². The molecule has 0 unspecified atom stereocenters. The van der Waals surface area contributed by atoms with E-state index in [0.717, 1.165) is 62.7 Å². The molecule has 1 aliphatic carbocycles. The SMILES string of the molecule is Cl.Cl.NC1(C(=O)N2CCN(Cc3ccc(Cl)s3)CC2)CCCCC1. The molecule has 1 aromatic rings. The molecular weight excluding hydrogens is 389 g/mol. The van der Waals surface area contributed by atoms with Gasteiger partial charge in [0.05, 0.1) is 9.88 Å². The summed E-state index contributed by atoms with van der Waals surface area (Å²) in [5.41, 5.74) is 5.78. The predicted molar refractivity (Wildman–Crippen MR) is 106 cm³/mol. The van der Waals surface area contributed by atoms with Crippen molar-refractivity contribution in [1.82, 2.24) is 9.80 Å². The van der Waals surface area contributed by atoms with Crippen LogP contribution in [0.25, 0.3) is 0 Å². The number of hydrogen-bond acceptors (Lipinski definition) is 4. The summed E-state index contributed by atoms with van der Waals surface area (Å²) in [5.74, 6) is 0.172. The maximum Gasteiger partial charge on any atom is 0.242 e. The summed E-state index contributed by atoms with van der Waals surface area (Å²) in [6.45, 7) is 4.33. The maximum absolute atomic E-state index is 12.7. The molecule has 1 saturated heterocycles. The molecule has 0 atom stereocenters. The van der Waals surface area contributed by atoms with Gasteiger partial charge in [0.15, 0.2) is 0 Å². The van der Waals surface area contributed by atoms with Crippen LogP contribution in [-0.2, 0) is 11.3 Å². The molecule has 0 aromatic carbocycles. The van der Waals surface area contributed by atoms with E-state index in [9.17, 15) is 4.79 Å². The van der Waals surface area contributed by atoms with Crippen LogP contribution in [0.5, 0.6) is 0 Å². The lowest BCUT2D eigenvalue weighted by Crippen LogP contribution is -2.60. The number of thiophene rings is 1. The molecule has 0 spiro atoms. The number of piperazine rings is 1. The van der Waals surface area contributed by atoms with Gasteiger partial charge in [-0.2, -0.15) is 0 Å². The first-order chi connectivity index (χ1) is 10.6. The quantitative estimate of drug-likeness (QED) is 0.823. The lowest BCUT2D eigenvalue weighted by molar-refractivity contribution is -0.140. The molecule has 0 radical (unpaired) electrons. The van der Waals surface area contributed by atoms with Gasteiger partial charge in [-0.1, -0.05) is 30.9 Å². The summed E-state index contributed by atoms with van der Waals surface area (Å²) in [7, 11) is 0. The Balaban J connectivity index is 0.00000144. The van der Waals surface area contributed by atoms with E-state index in [1.165, 1.54) is 11.3 Å². The van der Waals surface area contributed by atoms with Crippen molar-refractivity contribution in [2.24, 2.45) is 5.73 Å². The second kappa shape index (κ2) is 9.60. The highest BCUT2D eigenvalue weighted by Crippen LogP contribution is 2.28. The van der Waals surface area contributed by atoms with Crippen LogP contribution in [0.4, 0.5) is 0 Å². The second-order valence-electron chi connectivity index (χ2n) is 6.49. The smallest absolute Gasteiger partial charge is 0.242 e. The van der Waals surface area contributed by atoms with E-state index in [1.807, 2.05) is 11.0 Å². The monoisotopic (exact) mass is 413 g/mol. The van der Waals surface area contributed by atoms with Gasteiger partial charge >= 0.3 is 0 Å². The molecule has 2 heterocycles. The van der Waals surface area contributed by atoms with Crippen LogP contribution in [0.3, 0.4) is 0 Å².